The second-order valence-corrected chi connectivity index (χ2v) is 5.87. The molecule has 0 aromatic heterocycles. The summed E-state index contributed by atoms with van der Waals surface area (Å²) in [6.07, 6.45) is 1.65. The van der Waals surface area contributed by atoms with Gasteiger partial charge in [0, 0.05) is 12.1 Å². The molecule has 2 aliphatic rings. The lowest BCUT2D eigenvalue weighted by Crippen LogP contribution is -2.44. The number of hydrogen-bond acceptors (Lipinski definition) is 5. The average Bonchev–Trinajstić information content (AvgIpc) is 2.85. The van der Waals surface area contributed by atoms with Gasteiger partial charge in [0.1, 0.15) is 23.7 Å². The number of aliphatic hydroxyl groups excluding tert-OH is 1. The highest BCUT2D eigenvalue weighted by Gasteiger charge is 2.45. The van der Waals surface area contributed by atoms with E-state index in [-0.39, 0.29) is 17.2 Å². The Bertz CT molecular complexity index is 709. The quantitative estimate of drug-likeness (QED) is 0.511. The van der Waals surface area contributed by atoms with E-state index in [0.29, 0.717) is 38.1 Å². The van der Waals surface area contributed by atoms with E-state index in [1.54, 1.807) is 6.92 Å². The molecule has 2 amide bonds. The van der Waals surface area contributed by atoms with Gasteiger partial charge in [0.15, 0.2) is 0 Å². The zero-order valence-corrected chi connectivity index (χ0v) is 13.6. The van der Waals surface area contributed by atoms with Crippen LogP contribution in [0, 0.1) is 0 Å². The molecule has 1 fully saturated rings. The lowest BCUT2D eigenvalue weighted by Gasteiger charge is -2.27. The predicted octanol–water partition coefficient (Wildman–Crippen LogP) is 2.26. The van der Waals surface area contributed by atoms with Crippen LogP contribution in [0.1, 0.15) is 26.2 Å². The molecule has 126 valence electrons. The highest BCUT2D eigenvalue weighted by atomic mass is 16.5. The van der Waals surface area contributed by atoms with Crippen molar-refractivity contribution >= 4 is 17.5 Å². The number of imide groups is 1. The Kier molecular flexibility index (Phi) is 4.64. The summed E-state index contributed by atoms with van der Waals surface area (Å²) in [7, 11) is 0. The molecule has 0 saturated carbocycles. The molecule has 24 heavy (non-hydrogen) atoms. The molecule has 1 atom stereocenters. The molecule has 0 bridgehead atoms. The summed E-state index contributed by atoms with van der Waals surface area (Å²) in [5.41, 5.74) is 0.603. The van der Waals surface area contributed by atoms with Gasteiger partial charge in [0.05, 0.1) is 12.6 Å². The topological polar surface area (TPSA) is 79.2 Å². The van der Waals surface area contributed by atoms with Gasteiger partial charge in [0.2, 0.25) is 5.91 Å². The first-order chi connectivity index (χ1) is 11.6. The maximum atomic E-state index is 12.4. The van der Waals surface area contributed by atoms with E-state index < -0.39 is 11.9 Å². The first-order valence-electron chi connectivity index (χ1n) is 8.08. The molecule has 0 aliphatic carbocycles. The number of benzene rings is 1. The van der Waals surface area contributed by atoms with Crippen molar-refractivity contribution in [2.24, 2.45) is 4.99 Å². The van der Waals surface area contributed by atoms with Crippen LogP contribution >= 0.6 is 0 Å². The number of hydrogen-bond donors (Lipinski definition) is 1. The molecule has 2 aliphatic heterocycles. The van der Waals surface area contributed by atoms with E-state index in [1.165, 1.54) is 4.90 Å². The van der Waals surface area contributed by atoms with Gasteiger partial charge in [-0.1, -0.05) is 18.2 Å². The number of carbonyl (C=O) groups is 2. The fourth-order valence-electron chi connectivity index (χ4n) is 3.09. The summed E-state index contributed by atoms with van der Waals surface area (Å²) in [5.74, 6) is 0.0656. The zero-order valence-electron chi connectivity index (χ0n) is 13.6. The number of aliphatic hydroxyl groups is 1. The largest absolute Gasteiger partial charge is 0.509 e. The van der Waals surface area contributed by atoms with Gasteiger partial charge in [-0.25, -0.2) is 0 Å². The van der Waals surface area contributed by atoms with E-state index in [0.717, 1.165) is 5.75 Å². The third kappa shape index (κ3) is 3.04. The van der Waals surface area contributed by atoms with Crippen LogP contribution in [0.2, 0.25) is 0 Å². The maximum absolute atomic E-state index is 12.4. The Labute approximate surface area is 140 Å². The minimum Gasteiger partial charge on any atom is -0.509 e. The van der Waals surface area contributed by atoms with Crippen LogP contribution in [-0.4, -0.2) is 46.7 Å². The molecule has 1 aromatic carbocycles. The molecule has 6 nitrogen and oxygen atoms in total. The minimum atomic E-state index is -0.514. The highest BCUT2D eigenvalue weighted by molar-refractivity contribution is 6.25. The van der Waals surface area contributed by atoms with Crippen LogP contribution < -0.4 is 4.74 Å². The first kappa shape index (κ1) is 16.2. The number of piperidine rings is 1. The van der Waals surface area contributed by atoms with Crippen molar-refractivity contribution in [3.63, 3.8) is 0 Å². The van der Waals surface area contributed by atoms with Gasteiger partial charge < -0.3 is 9.84 Å². The van der Waals surface area contributed by atoms with E-state index in [2.05, 4.69) is 4.99 Å². The molecule has 0 radical (unpaired) electrons. The lowest BCUT2D eigenvalue weighted by molar-refractivity contribution is -0.145. The summed E-state index contributed by atoms with van der Waals surface area (Å²) >= 11 is 0. The Morgan fingerprint density at radius 1 is 1.33 bits per heavy atom. The van der Waals surface area contributed by atoms with Crippen LogP contribution in [-0.2, 0) is 9.59 Å². The molecular formula is C18H20N2O4. The minimum absolute atomic E-state index is 0.0294. The maximum Gasteiger partial charge on any atom is 0.266 e. The average molecular weight is 328 g/mol. The molecule has 0 unspecified atom stereocenters. The third-order valence-corrected chi connectivity index (χ3v) is 4.27. The molecule has 1 saturated heterocycles. The smallest absolute Gasteiger partial charge is 0.266 e. The Morgan fingerprint density at radius 3 is 2.79 bits per heavy atom. The SMILES string of the molecule is CC(=NCCOc1ccccc1)C1=C(O)[C@@H]2CCCC(=O)N2C1=O. The number of fused-ring (bicyclic) bond motifs is 1. The second kappa shape index (κ2) is 6.86. The van der Waals surface area contributed by atoms with Crippen LogP contribution in [0.4, 0.5) is 0 Å². The van der Waals surface area contributed by atoms with Crippen molar-refractivity contribution < 1.29 is 19.4 Å². The number of aliphatic imine (C=N–C) groups is 1. The fourth-order valence-corrected chi connectivity index (χ4v) is 3.09. The zero-order chi connectivity index (χ0) is 17.1. The summed E-state index contributed by atoms with van der Waals surface area (Å²) in [6, 6.07) is 8.88. The van der Waals surface area contributed by atoms with Crippen LogP contribution in [0.3, 0.4) is 0 Å². The van der Waals surface area contributed by atoms with Crippen molar-refractivity contribution in [2.45, 2.75) is 32.2 Å². The van der Waals surface area contributed by atoms with Crippen molar-refractivity contribution in [1.82, 2.24) is 4.90 Å². The standard InChI is InChI=1S/C18H20N2O4/c1-12(19-10-11-24-13-6-3-2-4-7-13)16-17(22)14-8-5-9-15(21)20(14)18(16)23/h2-4,6-7,14,22H,5,8-11H2,1H3/t14-/m0/s1. The van der Waals surface area contributed by atoms with E-state index in [1.807, 2.05) is 30.3 Å². The summed E-state index contributed by atoms with van der Waals surface area (Å²) in [5, 5.41) is 10.3. The van der Waals surface area contributed by atoms with E-state index in [4.69, 9.17) is 4.74 Å². The van der Waals surface area contributed by atoms with Gasteiger partial charge in [-0.15, -0.1) is 0 Å². The van der Waals surface area contributed by atoms with Crippen LogP contribution in [0.25, 0.3) is 0 Å². The van der Waals surface area contributed by atoms with Crippen molar-refractivity contribution in [2.75, 3.05) is 13.2 Å². The molecule has 1 N–H and O–H groups in total. The monoisotopic (exact) mass is 328 g/mol. The van der Waals surface area contributed by atoms with Gasteiger partial charge in [0.25, 0.3) is 5.91 Å². The molecule has 6 heteroatoms. The van der Waals surface area contributed by atoms with Gasteiger partial charge in [-0.05, 0) is 31.9 Å². The molecule has 1 aromatic rings. The number of carbonyl (C=O) groups excluding carboxylic acids is 2. The van der Waals surface area contributed by atoms with Crippen molar-refractivity contribution in [3.8, 4) is 5.75 Å². The first-order valence-corrected chi connectivity index (χ1v) is 8.08. The Hall–Kier alpha value is -2.63. The molecule has 3 rings (SSSR count). The summed E-state index contributed by atoms with van der Waals surface area (Å²) in [4.78, 5) is 29.9. The van der Waals surface area contributed by atoms with Crippen molar-refractivity contribution in [3.05, 3.63) is 41.7 Å². The Balaban J connectivity index is 1.65. The molecule has 2 heterocycles. The van der Waals surface area contributed by atoms with E-state index >= 15 is 0 Å². The Morgan fingerprint density at radius 2 is 2.08 bits per heavy atom. The summed E-state index contributed by atoms with van der Waals surface area (Å²) < 4.78 is 5.55. The third-order valence-electron chi connectivity index (χ3n) is 4.27. The van der Waals surface area contributed by atoms with Gasteiger partial charge in [-0.2, -0.15) is 0 Å². The van der Waals surface area contributed by atoms with E-state index in [9.17, 15) is 14.7 Å². The number of nitrogens with zero attached hydrogens (tertiary/aromatic N) is 2. The van der Waals surface area contributed by atoms with Gasteiger partial charge >= 0.3 is 0 Å². The normalized spacial score (nSPS) is 21.3. The highest BCUT2D eigenvalue weighted by Crippen LogP contribution is 2.32. The predicted molar refractivity (Wildman–Crippen MR) is 89.1 cm³/mol. The number of ether oxygens (including phenoxy) is 1. The van der Waals surface area contributed by atoms with Gasteiger partial charge in [-0.3, -0.25) is 19.5 Å². The number of rotatable bonds is 5. The van der Waals surface area contributed by atoms with Crippen molar-refractivity contribution in [1.29, 1.82) is 0 Å². The lowest BCUT2D eigenvalue weighted by atomic mass is 10.0. The number of amides is 2. The summed E-state index contributed by atoms with van der Waals surface area (Å²) in [6.45, 7) is 2.41. The fraction of sp³-hybridized carbons (Fsp3) is 0.389. The molecule has 0 spiro atoms. The second-order valence-electron chi connectivity index (χ2n) is 5.87. The van der Waals surface area contributed by atoms with Crippen LogP contribution in [0.15, 0.2) is 46.7 Å². The molecular weight excluding hydrogens is 308 g/mol. The van der Waals surface area contributed by atoms with Crippen LogP contribution in [0.5, 0.6) is 5.75 Å². The number of para-hydroxylation sites is 1.